The number of amides is 2. The highest BCUT2D eigenvalue weighted by Gasteiger charge is 2.32. The number of carbonyl (C=O) groups is 2. The van der Waals surface area contributed by atoms with Gasteiger partial charge in [-0.2, -0.15) is 13.2 Å². The van der Waals surface area contributed by atoms with Crippen LogP contribution in [0.5, 0.6) is 0 Å². The van der Waals surface area contributed by atoms with Crippen LogP contribution < -0.4 is 10.6 Å². The molecular formula is C20H27F3N2O2. The SMILES string of the molecule is CC1CCC(C(=O)NC(C(=O)Nc2cccc(C(F)(F)F)c2)C(C)C)CC1. The number of hydrogen-bond donors (Lipinski definition) is 2. The van der Waals surface area contributed by atoms with E-state index in [1.807, 2.05) is 0 Å². The van der Waals surface area contributed by atoms with E-state index in [0.717, 1.165) is 37.8 Å². The molecule has 0 aliphatic heterocycles. The minimum atomic E-state index is -4.48. The number of carbonyl (C=O) groups excluding carboxylic acids is 2. The van der Waals surface area contributed by atoms with Gasteiger partial charge in [0.25, 0.3) is 0 Å². The van der Waals surface area contributed by atoms with E-state index < -0.39 is 23.7 Å². The van der Waals surface area contributed by atoms with Crippen molar-refractivity contribution < 1.29 is 22.8 Å². The summed E-state index contributed by atoms with van der Waals surface area (Å²) in [5.41, 5.74) is -0.775. The number of nitrogens with one attached hydrogen (secondary N) is 2. The third-order valence-electron chi connectivity index (χ3n) is 5.09. The Hall–Kier alpha value is -2.05. The molecule has 2 rings (SSSR count). The average Bonchev–Trinajstić information content (AvgIpc) is 2.59. The molecular weight excluding hydrogens is 357 g/mol. The molecule has 1 aliphatic rings. The van der Waals surface area contributed by atoms with Crippen molar-refractivity contribution >= 4 is 17.5 Å². The average molecular weight is 384 g/mol. The molecule has 0 heterocycles. The molecule has 1 unspecified atom stereocenters. The maximum atomic E-state index is 12.8. The molecule has 0 bridgehead atoms. The monoisotopic (exact) mass is 384 g/mol. The number of alkyl halides is 3. The van der Waals surface area contributed by atoms with Crippen LogP contribution in [0, 0.1) is 17.8 Å². The van der Waals surface area contributed by atoms with Crippen molar-refractivity contribution in [1.29, 1.82) is 0 Å². The Morgan fingerprint density at radius 2 is 1.74 bits per heavy atom. The van der Waals surface area contributed by atoms with Gasteiger partial charge in [-0.25, -0.2) is 0 Å². The summed E-state index contributed by atoms with van der Waals surface area (Å²) in [7, 11) is 0. The van der Waals surface area contributed by atoms with Gasteiger partial charge < -0.3 is 10.6 Å². The van der Waals surface area contributed by atoms with E-state index in [1.165, 1.54) is 12.1 Å². The number of rotatable bonds is 5. The first-order valence-electron chi connectivity index (χ1n) is 9.36. The van der Waals surface area contributed by atoms with E-state index in [4.69, 9.17) is 0 Å². The summed E-state index contributed by atoms with van der Waals surface area (Å²) in [5.74, 6) is -0.355. The van der Waals surface area contributed by atoms with Crippen LogP contribution in [0.2, 0.25) is 0 Å². The van der Waals surface area contributed by atoms with E-state index in [0.29, 0.717) is 5.92 Å². The van der Waals surface area contributed by atoms with Crippen LogP contribution in [0.1, 0.15) is 52.0 Å². The van der Waals surface area contributed by atoms with Crippen molar-refractivity contribution in [3.05, 3.63) is 29.8 Å². The van der Waals surface area contributed by atoms with Gasteiger partial charge in [0.2, 0.25) is 11.8 Å². The van der Waals surface area contributed by atoms with Crippen LogP contribution in [0.15, 0.2) is 24.3 Å². The van der Waals surface area contributed by atoms with Gasteiger partial charge in [0, 0.05) is 11.6 Å². The van der Waals surface area contributed by atoms with E-state index in [2.05, 4.69) is 17.6 Å². The van der Waals surface area contributed by atoms with Crippen LogP contribution in [0.3, 0.4) is 0 Å². The van der Waals surface area contributed by atoms with Crippen LogP contribution in [0.4, 0.5) is 18.9 Å². The van der Waals surface area contributed by atoms with Gasteiger partial charge in [-0.15, -0.1) is 0 Å². The largest absolute Gasteiger partial charge is 0.416 e. The van der Waals surface area contributed by atoms with Crippen molar-refractivity contribution in [3.8, 4) is 0 Å². The summed E-state index contributed by atoms with van der Waals surface area (Å²) in [6.45, 7) is 5.74. The smallest absolute Gasteiger partial charge is 0.344 e. The molecule has 27 heavy (non-hydrogen) atoms. The van der Waals surface area contributed by atoms with E-state index in [-0.39, 0.29) is 23.4 Å². The molecule has 0 radical (unpaired) electrons. The molecule has 1 saturated carbocycles. The minimum absolute atomic E-state index is 0.0567. The predicted octanol–water partition coefficient (Wildman–Crippen LogP) is 4.61. The molecule has 1 atom stereocenters. The zero-order valence-electron chi connectivity index (χ0n) is 15.9. The lowest BCUT2D eigenvalue weighted by atomic mass is 9.82. The second kappa shape index (κ2) is 8.76. The van der Waals surface area contributed by atoms with Gasteiger partial charge in [-0.1, -0.05) is 26.8 Å². The van der Waals surface area contributed by atoms with E-state index >= 15 is 0 Å². The van der Waals surface area contributed by atoms with Crippen molar-refractivity contribution in [3.63, 3.8) is 0 Å². The number of anilines is 1. The van der Waals surface area contributed by atoms with Gasteiger partial charge >= 0.3 is 6.18 Å². The summed E-state index contributed by atoms with van der Waals surface area (Å²) in [6.07, 6.45) is -0.910. The lowest BCUT2D eigenvalue weighted by molar-refractivity contribution is -0.137. The van der Waals surface area contributed by atoms with Crippen LogP contribution in [0.25, 0.3) is 0 Å². The summed E-state index contributed by atoms with van der Waals surface area (Å²) < 4.78 is 38.5. The summed E-state index contributed by atoms with van der Waals surface area (Å²) in [5, 5.41) is 5.29. The Labute approximate surface area is 157 Å². The van der Waals surface area contributed by atoms with Gasteiger partial charge in [-0.3, -0.25) is 9.59 Å². The fraction of sp³-hybridized carbons (Fsp3) is 0.600. The Morgan fingerprint density at radius 1 is 1.11 bits per heavy atom. The Bertz CT molecular complexity index is 665. The highest BCUT2D eigenvalue weighted by molar-refractivity contribution is 5.97. The second-order valence-electron chi connectivity index (χ2n) is 7.75. The Morgan fingerprint density at radius 3 is 2.30 bits per heavy atom. The van der Waals surface area contributed by atoms with Crippen LogP contribution in [-0.2, 0) is 15.8 Å². The van der Waals surface area contributed by atoms with Gasteiger partial charge in [-0.05, 0) is 55.7 Å². The fourth-order valence-electron chi connectivity index (χ4n) is 3.32. The maximum Gasteiger partial charge on any atom is 0.416 e. The first kappa shape index (κ1) is 21.3. The molecule has 0 aromatic heterocycles. The molecule has 0 saturated heterocycles. The quantitative estimate of drug-likeness (QED) is 0.779. The van der Waals surface area contributed by atoms with Crippen LogP contribution in [-0.4, -0.2) is 17.9 Å². The predicted molar refractivity (Wildman–Crippen MR) is 98.0 cm³/mol. The highest BCUT2D eigenvalue weighted by atomic mass is 19.4. The highest BCUT2D eigenvalue weighted by Crippen LogP contribution is 2.31. The molecule has 1 aromatic rings. The normalized spacial score (nSPS) is 21.6. The Balaban J connectivity index is 2.04. The molecule has 2 N–H and O–H groups in total. The van der Waals surface area contributed by atoms with E-state index in [1.54, 1.807) is 13.8 Å². The number of halogens is 3. The molecule has 1 aromatic carbocycles. The zero-order valence-corrected chi connectivity index (χ0v) is 15.9. The third-order valence-corrected chi connectivity index (χ3v) is 5.09. The molecule has 7 heteroatoms. The third kappa shape index (κ3) is 5.97. The molecule has 4 nitrogen and oxygen atoms in total. The van der Waals surface area contributed by atoms with Gasteiger partial charge in [0.1, 0.15) is 6.04 Å². The molecule has 150 valence electrons. The second-order valence-corrected chi connectivity index (χ2v) is 7.75. The summed E-state index contributed by atoms with van der Waals surface area (Å²) in [6, 6.07) is 3.67. The first-order valence-corrected chi connectivity index (χ1v) is 9.36. The zero-order chi connectivity index (χ0) is 20.2. The maximum absolute atomic E-state index is 12.8. The summed E-state index contributed by atoms with van der Waals surface area (Å²) >= 11 is 0. The minimum Gasteiger partial charge on any atom is -0.344 e. The van der Waals surface area contributed by atoms with Gasteiger partial charge in [0.05, 0.1) is 5.56 Å². The molecule has 2 amide bonds. The topological polar surface area (TPSA) is 58.2 Å². The number of benzene rings is 1. The molecule has 0 spiro atoms. The number of hydrogen-bond acceptors (Lipinski definition) is 2. The van der Waals surface area contributed by atoms with Crippen molar-refractivity contribution in [1.82, 2.24) is 5.32 Å². The standard InChI is InChI=1S/C20H27F3N2O2/c1-12(2)17(25-18(26)14-9-7-13(3)8-10-14)19(27)24-16-6-4-5-15(11-16)20(21,22)23/h4-6,11-14,17H,7-10H2,1-3H3,(H,24,27)(H,25,26). The van der Waals surface area contributed by atoms with Crippen LogP contribution >= 0.6 is 0 Å². The lowest BCUT2D eigenvalue weighted by Crippen LogP contribution is -2.49. The molecule has 1 fully saturated rings. The van der Waals surface area contributed by atoms with E-state index in [9.17, 15) is 22.8 Å². The first-order chi connectivity index (χ1) is 12.6. The Kier molecular flexibility index (Phi) is 6.89. The molecule has 1 aliphatic carbocycles. The van der Waals surface area contributed by atoms with Crippen molar-refractivity contribution in [2.45, 2.75) is 58.7 Å². The van der Waals surface area contributed by atoms with Crippen molar-refractivity contribution in [2.24, 2.45) is 17.8 Å². The lowest BCUT2D eigenvalue weighted by Gasteiger charge is -2.28. The fourth-order valence-corrected chi connectivity index (χ4v) is 3.32. The van der Waals surface area contributed by atoms with Gasteiger partial charge in [0.15, 0.2) is 0 Å². The van der Waals surface area contributed by atoms with Crippen molar-refractivity contribution in [2.75, 3.05) is 5.32 Å². The summed E-state index contributed by atoms with van der Waals surface area (Å²) in [4.78, 5) is 25.1.